The summed E-state index contributed by atoms with van der Waals surface area (Å²) >= 11 is 0. The van der Waals surface area contributed by atoms with E-state index in [4.69, 9.17) is 9.47 Å². The molecule has 1 fully saturated rings. The Bertz CT molecular complexity index is 566. The molecule has 26 heavy (non-hydrogen) atoms. The first-order valence-electron chi connectivity index (χ1n) is 9.71. The Morgan fingerprint density at radius 3 is 2.50 bits per heavy atom. The highest BCUT2D eigenvalue weighted by molar-refractivity contribution is 5.76. The number of aryl methyl sites for hydroxylation is 1. The van der Waals surface area contributed by atoms with E-state index in [2.05, 4.69) is 24.1 Å². The van der Waals surface area contributed by atoms with E-state index in [-0.39, 0.29) is 5.91 Å². The van der Waals surface area contributed by atoms with Crippen LogP contribution in [0.5, 0.6) is 11.5 Å². The summed E-state index contributed by atoms with van der Waals surface area (Å²) in [6, 6.07) is 5.80. The van der Waals surface area contributed by atoms with Crippen LogP contribution in [0, 0.1) is 11.8 Å². The van der Waals surface area contributed by atoms with E-state index in [0.29, 0.717) is 24.3 Å². The van der Waals surface area contributed by atoms with E-state index in [1.54, 1.807) is 14.2 Å². The fourth-order valence-electron chi connectivity index (χ4n) is 3.89. The summed E-state index contributed by atoms with van der Waals surface area (Å²) in [5, 5.41) is 3.04. The van der Waals surface area contributed by atoms with Crippen LogP contribution in [0.15, 0.2) is 18.2 Å². The predicted molar refractivity (Wildman–Crippen MR) is 105 cm³/mol. The van der Waals surface area contributed by atoms with Crippen LogP contribution in [0.25, 0.3) is 0 Å². The number of ether oxygens (including phenoxy) is 2. The number of hydrogen-bond donors (Lipinski definition) is 1. The Balaban J connectivity index is 1.65. The van der Waals surface area contributed by atoms with Crippen LogP contribution in [0.3, 0.4) is 0 Å². The zero-order valence-corrected chi connectivity index (χ0v) is 16.7. The molecule has 1 aliphatic rings. The molecule has 1 aromatic rings. The molecule has 1 amide bonds. The average molecular weight is 363 g/mol. The van der Waals surface area contributed by atoms with E-state index >= 15 is 0 Å². The van der Waals surface area contributed by atoms with Crippen LogP contribution in [0.4, 0.5) is 0 Å². The number of methoxy groups -OCH3 is 2. The van der Waals surface area contributed by atoms with E-state index in [9.17, 15) is 4.79 Å². The Kier molecular flexibility index (Phi) is 8.23. The number of nitrogens with one attached hydrogen (secondary N) is 1. The highest BCUT2D eigenvalue weighted by atomic mass is 16.5. The molecule has 1 saturated heterocycles. The molecule has 1 N–H and O–H groups in total. The summed E-state index contributed by atoms with van der Waals surface area (Å²) in [6.07, 6.45) is 3.55. The minimum atomic E-state index is 0.111. The van der Waals surface area contributed by atoms with Crippen molar-refractivity contribution >= 4 is 5.91 Å². The second-order valence-electron chi connectivity index (χ2n) is 7.60. The van der Waals surface area contributed by atoms with Crippen molar-refractivity contribution in [1.29, 1.82) is 0 Å². The Morgan fingerprint density at radius 2 is 1.85 bits per heavy atom. The molecule has 0 aromatic heterocycles. The lowest BCUT2D eigenvalue weighted by Crippen LogP contribution is -2.40. The molecule has 0 spiro atoms. The van der Waals surface area contributed by atoms with Gasteiger partial charge in [0.05, 0.1) is 14.2 Å². The van der Waals surface area contributed by atoms with Gasteiger partial charge >= 0.3 is 0 Å². The van der Waals surface area contributed by atoms with Gasteiger partial charge in [-0.25, -0.2) is 0 Å². The molecule has 0 bridgehead atoms. The van der Waals surface area contributed by atoms with Crippen molar-refractivity contribution in [3.05, 3.63) is 23.8 Å². The van der Waals surface area contributed by atoms with Crippen molar-refractivity contribution in [3.63, 3.8) is 0 Å². The number of nitrogens with zero attached hydrogens (tertiary/aromatic N) is 1. The average Bonchev–Trinajstić information content (AvgIpc) is 2.62. The summed E-state index contributed by atoms with van der Waals surface area (Å²) in [5.74, 6) is 3.10. The number of carbonyl (C=O) groups excluding carboxylic acids is 1. The maximum absolute atomic E-state index is 12.1. The van der Waals surface area contributed by atoms with Crippen molar-refractivity contribution in [2.75, 3.05) is 40.4 Å². The van der Waals surface area contributed by atoms with Gasteiger partial charge in [-0.15, -0.1) is 0 Å². The van der Waals surface area contributed by atoms with Gasteiger partial charge in [0, 0.05) is 26.1 Å². The molecule has 2 rings (SSSR count). The van der Waals surface area contributed by atoms with Crippen molar-refractivity contribution in [3.8, 4) is 11.5 Å². The van der Waals surface area contributed by atoms with Gasteiger partial charge in [-0.2, -0.15) is 0 Å². The Hall–Kier alpha value is -1.75. The maximum atomic E-state index is 12.1. The lowest BCUT2D eigenvalue weighted by molar-refractivity contribution is -0.121. The van der Waals surface area contributed by atoms with E-state index < -0.39 is 0 Å². The predicted octanol–water partition coefficient (Wildman–Crippen LogP) is 3.12. The molecule has 1 heterocycles. The van der Waals surface area contributed by atoms with E-state index in [0.717, 1.165) is 36.9 Å². The zero-order valence-electron chi connectivity index (χ0n) is 16.7. The molecule has 5 heteroatoms. The number of benzene rings is 1. The fourth-order valence-corrected chi connectivity index (χ4v) is 3.89. The largest absolute Gasteiger partial charge is 0.493 e. The molecular weight excluding hydrogens is 328 g/mol. The van der Waals surface area contributed by atoms with Crippen LogP contribution in [0.2, 0.25) is 0 Å². The minimum absolute atomic E-state index is 0.111. The normalized spacial score (nSPS) is 20.6. The topological polar surface area (TPSA) is 50.8 Å². The van der Waals surface area contributed by atoms with Crippen LogP contribution in [0.1, 0.15) is 38.7 Å². The second kappa shape index (κ2) is 10.4. The van der Waals surface area contributed by atoms with Gasteiger partial charge in [0.1, 0.15) is 0 Å². The maximum Gasteiger partial charge on any atom is 0.220 e. The van der Waals surface area contributed by atoms with Crippen molar-refractivity contribution in [1.82, 2.24) is 10.2 Å². The van der Waals surface area contributed by atoms with Crippen molar-refractivity contribution in [2.24, 2.45) is 11.8 Å². The second-order valence-corrected chi connectivity index (χ2v) is 7.60. The smallest absolute Gasteiger partial charge is 0.220 e. The number of hydrogen-bond acceptors (Lipinski definition) is 4. The molecule has 0 aliphatic carbocycles. The number of piperidine rings is 1. The summed E-state index contributed by atoms with van der Waals surface area (Å²) in [6.45, 7) is 8.88. The number of likely N-dealkylation sites (tertiary alicyclic amines) is 1. The molecule has 146 valence electrons. The van der Waals surface area contributed by atoms with Crippen molar-refractivity contribution in [2.45, 2.75) is 39.5 Å². The Labute approximate surface area is 158 Å². The van der Waals surface area contributed by atoms with Crippen LogP contribution >= 0.6 is 0 Å². The molecule has 0 saturated carbocycles. The standard InChI is InChI=1S/C21H34N2O3/c1-16-12-17(2)15-23(14-16)11-5-10-22-21(24)9-7-18-6-8-19(25-3)20(13-18)26-4/h6,8,13,16-17H,5,7,9-12,14-15H2,1-4H3,(H,22,24)/t16-,17-/m1/s1. The summed E-state index contributed by atoms with van der Waals surface area (Å²) < 4.78 is 10.5. The zero-order chi connectivity index (χ0) is 18.9. The lowest BCUT2D eigenvalue weighted by atomic mass is 9.92. The number of rotatable bonds is 9. The summed E-state index contributed by atoms with van der Waals surface area (Å²) in [5.41, 5.74) is 1.08. The summed E-state index contributed by atoms with van der Waals surface area (Å²) in [4.78, 5) is 14.6. The number of carbonyl (C=O) groups is 1. The Morgan fingerprint density at radius 1 is 1.15 bits per heavy atom. The lowest BCUT2D eigenvalue weighted by Gasteiger charge is -2.34. The van der Waals surface area contributed by atoms with Gasteiger partial charge in [0.15, 0.2) is 11.5 Å². The first kappa shape index (κ1) is 20.6. The molecule has 5 nitrogen and oxygen atoms in total. The molecule has 0 unspecified atom stereocenters. The van der Waals surface area contributed by atoms with Crippen molar-refractivity contribution < 1.29 is 14.3 Å². The van der Waals surface area contributed by atoms with Crippen LogP contribution in [-0.2, 0) is 11.2 Å². The van der Waals surface area contributed by atoms with Crippen LogP contribution < -0.4 is 14.8 Å². The van der Waals surface area contributed by atoms with E-state index in [1.165, 1.54) is 19.5 Å². The molecule has 0 radical (unpaired) electrons. The minimum Gasteiger partial charge on any atom is -0.493 e. The third kappa shape index (κ3) is 6.52. The number of amides is 1. The van der Waals surface area contributed by atoms with Gasteiger partial charge in [-0.1, -0.05) is 19.9 Å². The van der Waals surface area contributed by atoms with Gasteiger partial charge < -0.3 is 19.7 Å². The van der Waals surface area contributed by atoms with Gasteiger partial charge in [0.25, 0.3) is 0 Å². The quantitative estimate of drug-likeness (QED) is 0.686. The van der Waals surface area contributed by atoms with Gasteiger partial charge in [0.2, 0.25) is 5.91 Å². The summed E-state index contributed by atoms with van der Waals surface area (Å²) in [7, 11) is 3.24. The molecular formula is C21H34N2O3. The first-order chi connectivity index (χ1) is 12.5. The first-order valence-corrected chi connectivity index (χ1v) is 9.71. The molecule has 1 aromatic carbocycles. The molecule has 2 atom stereocenters. The SMILES string of the molecule is COc1ccc(CCC(=O)NCCCN2C[C@H](C)C[C@@H](C)C2)cc1OC. The monoisotopic (exact) mass is 362 g/mol. The highest BCUT2D eigenvalue weighted by Crippen LogP contribution is 2.28. The third-order valence-electron chi connectivity index (χ3n) is 5.01. The third-order valence-corrected chi connectivity index (χ3v) is 5.01. The highest BCUT2D eigenvalue weighted by Gasteiger charge is 2.21. The van der Waals surface area contributed by atoms with Crippen LogP contribution in [-0.4, -0.2) is 51.2 Å². The van der Waals surface area contributed by atoms with E-state index in [1.807, 2.05) is 18.2 Å². The van der Waals surface area contributed by atoms with Gasteiger partial charge in [-0.05, 0) is 55.3 Å². The van der Waals surface area contributed by atoms with Gasteiger partial charge in [-0.3, -0.25) is 4.79 Å². The fraction of sp³-hybridized carbons (Fsp3) is 0.667. The molecule has 1 aliphatic heterocycles.